The molecule has 0 bridgehead atoms. The molecule has 0 saturated carbocycles. The molecule has 3 nitrogen and oxygen atoms in total. The van der Waals surface area contributed by atoms with Gasteiger partial charge in [0, 0.05) is 26.2 Å². The van der Waals surface area contributed by atoms with Gasteiger partial charge in [0.05, 0.1) is 0 Å². The first-order valence-corrected chi connectivity index (χ1v) is 5.52. The second-order valence-electron chi connectivity index (χ2n) is 3.95. The van der Waals surface area contributed by atoms with Gasteiger partial charge in [0.2, 0.25) is 0 Å². The molecule has 13 heavy (non-hydrogen) atoms. The lowest BCUT2D eigenvalue weighted by Crippen LogP contribution is -2.44. The lowest BCUT2D eigenvalue weighted by atomic mass is 10.1. The van der Waals surface area contributed by atoms with E-state index in [-0.39, 0.29) is 0 Å². The molecule has 1 aliphatic rings. The Balaban J connectivity index is 2.35. The quantitative estimate of drug-likeness (QED) is 0.702. The van der Waals surface area contributed by atoms with Crippen LogP contribution in [0.15, 0.2) is 0 Å². The number of hydrogen-bond donors (Lipinski definition) is 1. The molecule has 0 aliphatic carbocycles. The van der Waals surface area contributed by atoms with E-state index in [1.165, 1.54) is 32.2 Å². The molecule has 0 aromatic heterocycles. The first-order chi connectivity index (χ1) is 6.27. The minimum atomic E-state index is 0.736. The fraction of sp³-hybridized carbons (Fsp3) is 1.00. The van der Waals surface area contributed by atoms with Crippen LogP contribution in [-0.4, -0.2) is 36.2 Å². The van der Waals surface area contributed by atoms with E-state index >= 15 is 0 Å². The minimum Gasteiger partial charge on any atom is -0.232 e. The van der Waals surface area contributed by atoms with Crippen LogP contribution in [0.5, 0.6) is 0 Å². The molecule has 1 aliphatic heterocycles. The Morgan fingerprint density at radius 2 is 1.77 bits per heavy atom. The van der Waals surface area contributed by atoms with Gasteiger partial charge in [-0.2, -0.15) is 5.53 Å². The van der Waals surface area contributed by atoms with Gasteiger partial charge in [-0.1, -0.05) is 26.7 Å². The van der Waals surface area contributed by atoms with E-state index in [1.54, 1.807) is 0 Å². The summed E-state index contributed by atoms with van der Waals surface area (Å²) in [4.78, 5) is 0. The largest absolute Gasteiger partial charge is 0.232 e. The fourth-order valence-electron chi connectivity index (χ4n) is 1.96. The van der Waals surface area contributed by atoms with Crippen LogP contribution in [0.1, 0.15) is 39.5 Å². The predicted octanol–water partition coefficient (Wildman–Crippen LogP) is 1.62. The molecule has 0 aromatic carbocycles. The molecule has 3 heteroatoms. The predicted molar refractivity (Wildman–Crippen MR) is 56.1 cm³/mol. The molecule has 0 unspecified atom stereocenters. The number of nitrogens with one attached hydrogen (secondary N) is 1. The fourth-order valence-corrected chi connectivity index (χ4v) is 1.96. The van der Waals surface area contributed by atoms with E-state index in [1.807, 2.05) is 0 Å². The molecule has 0 atom stereocenters. The topological polar surface area (TPSA) is 18.5 Å². The van der Waals surface area contributed by atoms with Crippen molar-refractivity contribution in [1.82, 2.24) is 15.6 Å². The monoisotopic (exact) mass is 185 g/mol. The summed E-state index contributed by atoms with van der Waals surface area (Å²) in [5.74, 6) is 0. The van der Waals surface area contributed by atoms with Crippen LogP contribution < -0.4 is 5.53 Å². The van der Waals surface area contributed by atoms with Gasteiger partial charge >= 0.3 is 0 Å². The van der Waals surface area contributed by atoms with Crippen LogP contribution in [0, 0.1) is 0 Å². The molecule has 1 fully saturated rings. The molecule has 78 valence electrons. The molecule has 0 aromatic rings. The summed E-state index contributed by atoms with van der Waals surface area (Å²) >= 11 is 0. The summed E-state index contributed by atoms with van der Waals surface area (Å²) in [6, 6.07) is 0.736. The number of rotatable bonds is 5. The standard InChI is InChI=1S/C10H23N3/c1-4-6-10(7-5-2)13-9-8-12(3)11-13/h10-11H,4-9H2,1-3H3. The summed E-state index contributed by atoms with van der Waals surface area (Å²) in [7, 11) is 2.11. The van der Waals surface area contributed by atoms with Crippen molar-refractivity contribution in [3.05, 3.63) is 0 Å². The summed E-state index contributed by atoms with van der Waals surface area (Å²) in [6.45, 7) is 6.84. The average Bonchev–Trinajstić information content (AvgIpc) is 2.51. The summed E-state index contributed by atoms with van der Waals surface area (Å²) in [5, 5.41) is 4.56. The zero-order valence-electron chi connectivity index (χ0n) is 9.21. The Morgan fingerprint density at radius 1 is 1.15 bits per heavy atom. The van der Waals surface area contributed by atoms with Gasteiger partial charge in [0.15, 0.2) is 0 Å². The van der Waals surface area contributed by atoms with E-state index in [0.29, 0.717) is 0 Å². The molecular weight excluding hydrogens is 162 g/mol. The van der Waals surface area contributed by atoms with Gasteiger partial charge in [0.25, 0.3) is 0 Å². The van der Waals surface area contributed by atoms with Gasteiger partial charge in [-0.25, -0.2) is 10.0 Å². The van der Waals surface area contributed by atoms with Crippen LogP contribution in [0.4, 0.5) is 0 Å². The Kier molecular flexibility index (Phi) is 4.70. The molecule has 0 amide bonds. The van der Waals surface area contributed by atoms with Crippen molar-refractivity contribution in [2.24, 2.45) is 0 Å². The molecule has 0 radical (unpaired) electrons. The van der Waals surface area contributed by atoms with E-state index in [2.05, 4.69) is 36.4 Å². The molecule has 1 rings (SSSR count). The van der Waals surface area contributed by atoms with E-state index in [0.717, 1.165) is 12.6 Å². The van der Waals surface area contributed by atoms with Crippen molar-refractivity contribution in [3.8, 4) is 0 Å². The lowest BCUT2D eigenvalue weighted by Gasteiger charge is -2.27. The maximum absolute atomic E-state index is 3.39. The van der Waals surface area contributed by atoms with Crippen molar-refractivity contribution in [2.75, 3.05) is 20.1 Å². The smallest absolute Gasteiger partial charge is 0.0289 e. The highest BCUT2D eigenvalue weighted by atomic mass is 15.8. The van der Waals surface area contributed by atoms with Crippen LogP contribution >= 0.6 is 0 Å². The Hall–Kier alpha value is -0.120. The van der Waals surface area contributed by atoms with Gasteiger partial charge in [0.1, 0.15) is 0 Å². The van der Waals surface area contributed by atoms with Crippen LogP contribution in [0.3, 0.4) is 0 Å². The average molecular weight is 185 g/mol. The Bertz CT molecular complexity index is 132. The normalized spacial score (nSPS) is 20.3. The maximum atomic E-state index is 3.39. The molecule has 1 heterocycles. The number of hydrazine groups is 2. The highest BCUT2D eigenvalue weighted by molar-refractivity contribution is 4.71. The number of hydrogen-bond acceptors (Lipinski definition) is 3. The maximum Gasteiger partial charge on any atom is 0.0289 e. The zero-order chi connectivity index (χ0) is 9.68. The van der Waals surface area contributed by atoms with E-state index in [9.17, 15) is 0 Å². The van der Waals surface area contributed by atoms with Crippen molar-refractivity contribution < 1.29 is 0 Å². The molecule has 1 saturated heterocycles. The lowest BCUT2D eigenvalue weighted by molar-refractivity contribution is 0.0864. The van der Waals surface area contributed by atoms with Gasteiger partial charge in [-0.05, 0) is 12.8 Å². The van der Waals surface area contributed by atoms with Crippen molar-refractivity contribution in [2.45, 2.75) is 45.6 Å². The van der Waals surface area contributed by atoms with Gasteiger partial charge < -0.3 is 0 Å². The van der Waals surface area contributed by atoms with Crippen LogP contribution in [0.25, 0.3) is 0 Å². The summed E-state index contributed by atoms with van der Waals surface area (Å²) < 4.78 is 0. The second-order valence-corrected chi connectivity index (χ2v) is 3.95. The first kappa shape index (κ1) is 11.0. The van der Waals surface area contributed by atoms with Gasteiger partial charge in [-0.15, -0.1) is 0 Å². The minimum absolute atomic E-state index is 0.736. The number of nitrogens with zero attached hydrogens (tertiary/aromatic N) is 2. The third-order valence-electron chi connectivity index (χ3n) is 2.66. The molecular formula is C10H23N3. The molecule has 1 N–H and O–H groups in total. The van der Waals surface area contributed by atoms with Gasteiger partial charge in [-0.3, -0.25) is 0 Å². The zero-order valence-corrected chi connectivity index (χ0v) is 9.21. The van der Waals surface area contributed by atoms with Crippen LogP contribution in [-0.2, 0) is 0 Å². The highest BCUT2D eigenvalue weighted by Crippen LogP contribution is 2.13. The first-order valence-electron chi connectivity index (χ1n) is 5.52. The second kappa shape index (κ2) is 5.58. The Morgan fingerprint density at radius 3 is 2.15 bits per heavy atom. The summed E-state index contributed by atoms with van der Waals surface area (Å²) in [6.07, 6.45) is 5.20. The highest BCUT2D eigenvalue weighted by Gasteiger charge is 2.22. The molecule has 0 spiro atoms. The Labute approximate surface area is 82.0 Å². The van der Waals surface area contributed by atoms with Crippen LogP contribution in [0.2, 0.25) is 0 Å². The third-order valence-corrected chi connectivity index (χ3v) is 2.66. The van der Waals surface area contributed by atoms with Crippen molar-refractivity contribution >= 4 is 0 Å². The van der Waals surface area contributed by atoms with E-state index < -0.39 is 0 Å². The van der Waals surface area contributed by atoms with E-state index in [4.69, 9.17) is 0 Å². The SMILES string of the molecule is CCCC(CCC)N1CCN(C)N1. The van der Waals surface area contributed by atoms with Crippen molar-refractivity contribution in [1.29, 1.82) is 0 Å². The summed E-state index contributed by atoms with van der Waals surface area (Å²) in [5.41, 5.74) is 3.39. The third kappa shape index (κ3) is 3.25. The number of likely N-dealkylation sites (N-methyl/N-ethyl adjacent to an activating group) is 1. The van der Waals surface area contributed by atoms with Crippen molar-refractivity contribution in [3.63, 3.8) is 0 Å².